The predicted octanol–water partition coefficient (Wildman–Crippen LogP) is 0.857. The standard InChI is InChI=1S/C14H25N3O/c1-14(7-2-3-12(14)15)13(18)16-10-6-8-17(9-10)11-4-5-11/h10-12H,2-9,15H2,1H3,(H,16,18). The van der Waals surface area contributed by atoms with Gasteiger partial charge in [0.1, 0.15) is 0 Å². The minimum atomic E-state index is -0.326. The van der Waals surface area contributed by atoms with Crippen molar-refractivity contribution in [2.75, 3.05) is 13.1 Å². The van der Waals surface area contributed by atoms with Gasteiger partial charge in [-0.3, -0.25) is 9.69 Å². The molecule has 2 aliphatic carbocycles. The Morgan fingerprint density at radius 3 is 2.72 bits per heavy atom. The Bertz CT molecular complexity index is 342. The van der Waals surface area contributed by atoms with Gasteiger partial charge in [-0.2, -0.15) is 0 Å². The van der Waals surface area contributed by atoms with Crippen molar-refractivity contribution in [1.29, 1.82) is 0 Å². The molecule has 4 nitrogen and oxygen atoms in total. The second-order valence-electron chi connectivity index (χ2n) is 6.60. The molecule has 3 aliphatic rings. The fraction of sp³-hybridized carbons (Fsp3) is 0.929. The molecule has 3 rings (SSSR count). The fourth-order valence-corrected chi connectivity index (χ4v) is 3.50. The lowest BCUT2D eigenvalue weighted by molar-refractivity contribution is -0.131. The molecule has 2 saturated carbocycles. The summed E-state index contributed by atoms with van der Waals surface area (Å²) in [5.74, 6) is 0.190. The van der Waals surface area contributed by atoms with Crippen LogP contribution in [0, 0.1) is 5.41 Å². The lowest BCUT2D eigenvalue weighted by Crippen LogP contribution is -2.50. The molecule has 3 N–H and O–H groups in total. The molecule has 3 atom stereocenters. The molecule has 0 aromatic heterocycles. The molecule has 0 aromatic rings. The molecule has 0 radical (unpaired) electrons. The van der Waals surface area contributed by atoms with Crippen molar-refractivity contribution < 1.29 is 4.79 Å². The van der Waals surface area contributed by atoms with Crippen LogP contribution in [-0.2, 0) is 4.79 Å². The summed E-state index contributed by atoms with van der Waals surface area (Å²) < 4.78 is 0. The number of hydrogen-bond acceptors (Lipinski definition) is 3. The van der Waals surface area contributed by atoms with Gasteiger partial charge in [0.25, 0.3) is 0 Å². The molecule has 102 valence electrons. The number of likely N-dealkylation sites (tertiary alicyclic amines) is 1. The van der Waals surface area contributed by atoms with Crippen LogP contribution in [0.3, 0.4) is 0 Å². The van der Waals surface area contributed by atoms with E-state index in [4.69, 9.17) is 5.73 Å². The van der Waals surface area contributed by atoms with Crippen LogP contribution >= 0.6 is 0 Å². The smallest absolute Gasteiger partial charge is 0.227 e. The topological polar surface area (TPSA) is 58.4 Å². The third kappa shape index (κ3) is 2.16. The zero-order valence-electron chi connectivity index (χ0n) is 11.3. The molecule has 1 heterocycles. The summed E-state index contributed by atoms with van der Waals surface area (Å²) >= 11 is 0. The van der Waals surface area contributed by atoms with E-state index in [2.05, 4.69) is 10.2 Å². The number of nitrogens with two attached hydrogens (primary N) is 1. The van der Waals surface area contributed by atoms with E-state index in [1.807, 2.05) is 6.92 Å². The molecule has 3 unspecified atom stereocenters. The van der Waals surface area contributed by atoms with Crippen molar-refractivity contribution in [3.63, 3.8) is 0 Å². The highest BCUT2D eigenvalue weighted by atomic mass is 16.2. The Labute approximate surface area is 109 Å². The van der Waals surface area contributed by atoms with Gasteiger partial charge in [-0.05, 0) is 39.0 Å². The normalized spacial score (nSPS) is 41.2. The average molecular weight is 251 g/mol. The Kier molecular flexibility index (Phi) is 3.10. The van der Waals surface area contributed by atoms with Gasteiger partial charge in [0.05, 0.1) is 5.41 Å². The Morgan fingerprint density at radius 1 is 1.33 bits per heavy atom. The summed E-state index contributed by atoms with van der Waals surface area (Å²) in [6.45, 7) is 4.23. The molecule has 0 bridgehead atoms. The van der Waals surface area contributed by atoms with Crippen LogP contribution < -0.4 is 11.1 Å². The van der Waals surface area contributed by atoms with Crippen LogP contribution in [0.1, 0.15) is 45.4 Å². The monoisotopic (exact) mass is 251 g/mol. The summed E-state index contributed by atoms with van der Waals surface area (Å²) in [4.78, 5) is 14.9. The number of nitrogens with zero attached hydrogens (tertiary/aromatic N) is 1. The summed E-state index contributed by atoms with van der Waals surface area (Å²) in [6, 6.07) is 1.21. The molecule has 3 fully saturated rings. The SMILES string of the molecule is CC1(C(=O)NC2CCN(C3CC3)C2)CCCC1N. The number of rotatable bonds is 3. The molecule has 1 amide bonds. The molecular weight excluding hydrogens is 226 g/mol. The van der Waals surface area contributed by atoms with Crippen LogP contribution in [0.2, 0.25) is 0 Å². The van der Waals surface area contributed by atoms with E-state index in [0.717, 1.165) is 44.8 Å². The number of hydrogen-bond donors (Lipinski definition) is 2. The highest BCUT2D eigenvalue weighted by Crippen LogP contribution is 2.37. The van der Waals surface area contributed by atoms with Gasteiger partial charge in [-0.15, -0.1) is 0 Å². The summed E-state index contributed by atoms with van der Waals surface area (Å²) in [6.07, 6.45) is 6.83. The van der Waals surface area contributed by atoms with Gasteiger partial charge in [0, 0.05) is 31.2 Å². The van der Waals surface area contributed by atoms with Gasteiger partial charge in [-0.25, -0.2) is 0 Å². The van der Waals surface area contributed by atoms with E-state index in [9.17, 15) is 4.79 Å². The first-order valence-corrected chi connectivity index (χ1v) is 7.40. The van der Waals surface area contributed by atoms with Crippen LogP contribution in [0.4, 0.5) is 0 Å². The second kappa shape index (κ2) is 4.49. The van der Waals surface area contributed by atoms with Crippen molar-refractivity contribution in [2.45, 2.75) is 63.6 Å². The predicted molar refractivity (Wildman–Crippen MR) is 71.1 cm³/mol. The van der Waals surface area contributed by atoms with E-state index in [-0.39, 0.29) is 17.4 Å². The Balaban J connectivity index is 1.54. The van der Waals surface area contributed by atoms with Gasteiger partial charge < -0.3 is 11.1 Å². The largest absolute Gasteiger partial charge is 0.352 e. The minimum Gasteiger partial charge on any atom is -0.352 e. The molecule has 18 heavy (non-hydrogen) atoms. The lowest BCUT2D eigenvalue weighted by Gasteiger charge is -2.29. The first-order chi connectivity index (χ1) is 8.59. The van der Waals surface area contributed by atoms with Gasteiger partial charge in [-0.1, -0.05) is 6.42 Å². The van der Waals surface area contributed by atoms with Crippen LogP contribution in [0.25, 0.3) is 0 Å². The fourth-order valence-electron chi connectivity index (χ4n) is 3.50. The van der Waals surface area contributed by atoms with Crippen molar-refractivity contribution in [2.24, 2.45) is 11.1 Å². The zero-order valence-corrected chi connectivity index (χ0v) is 11.3. The third-order valence-corrected chi connectivity index (χ3v) is 5.17. The molecule has 0 aromatic carbocycles. The number of carbonyl (C=O) groups excluding carboxylic acids is 1. The minimum absolute atomic E-state index is 0.0402. The number of carbonyl (C=O) groups is 1. The zero-order chi connectivity index (χ0) is 12.8. The maximum absolute atomic E-state index is 12.4. The highest BCUT2D eigenvalue weighted by Gasteiger charge is 2.44. The molecule has 4 heteroatoms. The summed E-state index contributed by atoms with van der Waals surface area (Å²) in [5.41, 5.74) is 5.78. The van der Waals surface area contributed by atoms with Crippen LogP contribution in [0.15, 0.2) is 0 Å². The first-order valence-electron chi connectivity index (χ1n) is 7.40. The lowest BCUT2D eigenvalue weighted by atomic mass is 9.84. The maximum Gasteiger partial charge on any atom is 0.227 e. The quantitative estimate of drug-likeness (QED) is 0.782. The van der Waals surface area contributed by atoms with Crippen LogP contribution in [-0.4, -0.2) is 42.0 Å². The molecular formula is C14H25N3O. The van der Waals surface area contributed by atoms with E-state index in [1.165, 1.54) is 12.8 Å². The summed E-state index contributed by atoms with van der Waals surface area (Å²) in [5, 5.41) is 3.24. The molecule has 1 aliphatic heterocycles. The van der Waals surface area contributed by atoms with E-state index >= 15 is 0 Å². The Morgan fingerprint density at radius 2 is 2.11 bits per heavy atom. The second-order valence-corrected chi connectivity index (χ2v) is 6.60. The van der Waals surface area contributed by atoms with Gasteiger partial charge in [0.15, 0.2) is 0 Å². The highest BCUT2D eigenvalue weighted by molar-refractivity contribution is 5.83. The van der Waals surface area contributed by atoms with Crippen molar-refractivity contribution in [3.05, 3.63) is 0 Å². The van der Waals surface area contributed by atoms with Gasteiger partial charge >= 0.3 is 0 Å². The van der Waals surface area contributed by atoms with Crippen molar-refractivity contribution in [3.8, 4) is 0 Å². The van der Waals surface area contributed by atoms with Crippen molar-refractivity contribution in [1.82, 2.24) is 10.2 Å². The molecule has 1 saturated heterocycles. The van der Waals surface area contributed by atoms with E-state index in [1.54, 1.807) is 0 Å². The first kappa shape index (κ1) is 12.4. The Hall–Kier alpha value is -0.610. The molecule has 0 spiro atoms. The number of nitrogens with one attached hydrogen (secondary N) is 1. The number of amides is 1. The maximum atomic E-state index is 12.4. The van der Waals surface area contributed by atoms with Gasteiger partial charge in [0.2, 0.25) is 5.91 Å². The van der Waals surface area contributed by atoms with E-state index < -0.39 is 0 Å². The third-order valence-electron chi connectivity index (χ3n) is 5.17. The van der Waals surface area contributed by atoms with E-state index in [0.29, 0.717) is 6.04 Å². The van der Waals surface area contributed by atoms with Crippen LogP contribution in [0.5, 0.6) is 0 Å². The summed E-state index contributed by atoms with van der Waals surface area (Å²) in [7, 11) is 0. The average Bonchev–Trinajstić information content (AvgIpc) is 3.00. The van der Waals surface area contributed by atoms with Crippen molar-refractivity contribution >= 4 is 5.91 Å².